The highest BCUT2D eigenvalue weighted by Gasteiger charge is 2.62. The Balaban J connectivity index is 1.93. The highest BCUT2D eigenvalue weighted by Crippen LogP contribution is 2.49. The molecule has 0 unspecified atom stereocenters. The molecule has 78 valence electrons. The van der Waals surface area contributed by atoms with Crippen molar-refractivity contribution in [2.24, 2.45) is 0 Å². The molecule has 0 bridgehead atoms. The Morgan fingerprint density at radius 1 is 1.50 bits per heavy atom. The molecule has 6 heteroatoms. The van der Waals surface area contributed by atoms with Crippen LogP contribution in [0.25, 0.3) is 0 Å². The molecule has 0 amide bonds. The highest BCUT2D eigenvalue weighted by molar-refractivity contribution is 7.09. The molecule has 1 aromatic rings. The molecule has 0 aliphatic heterocycles. The summed E-state index contributed by atoms with van der Waals surface area (Å²) >= 11 is 1.36. The number of nitrogens with one attached hydrogen (secondary N) is 1. The molecule has 1 heterocycles. The van der Waals surface area contributed by atoms with E-state index in [1.54, 1.807) is 11.6 Å². The minimum atomic E-state index is -4.13. The third kappa shape index (κ3) is 1.76. The van der Waals surface area contributed by atoms with Crippen molar-refractivity contribution in [1.82, 2.24) is 10.3 Å². The van der Waals surface area contributed by atoms with Gasteiger partial charge >= 0.3 is 6.18 Å². The summed E-state index contributed by atoms with van der Waals surface area (Å²) in [6.07, 6.45) is -2.18. The Bertz CT molecular complexity index is 303. The summed E-state index contributed by atoms with van der Waals surface area (Å²) < 4.78 is 37.3. The summed E-state index contributed by atoms with van der Waals surface area (Å²) in [7, 11) is 0. The molecule has 0 spiro atoms. The first kappa shape index (κ1) is 9.92. The molecular weight excluding hydrogens is 213 g/mol. The minimum Gasteiger partial charge on any atom is -0.297 e. The van der Waals surface area contributed by atoms with Crippen LogP contribution < -0.4 is 5.32 Å². The Morgan fingerprint density at radius 3 is 2.64 bits per heavy atom. The topological polar surface area (TPSA) is 24.9 Å². The number of aromatic nitrogens is 1. The second kappa shape index (κ2) is 3.20. The number of alkyl halides is 3. The standard InChI is InChI=1S/C8H9F3N2S/c9-8(10,11)7(1-2-7)13-5-6-12-3-4-14-6/h3-4,13H,1-2,5H2. The van der Waals surface area contributed by atoms with Crippen LogP contribution in [0.2, 0.25) is 0 Å². The van der Waals surface area contributed by atoms with Crippen molar-refractivity contribution in [2.45, 2.75) is 31.1 Å². The van der Waals surface area contributed by atoms with Gasteiger partial charge in [0.15, 0.2) is 0 Å². The Labute approximate surface area is 83.2 Å². The van der Waals surface area contributed by atoms with Crippen molar-refractivity contribution < 1.29 is 13.2 Å². The van der Waals surface area contributed by atoms with Crippen molar-refractivity contribution in [2.75, 3.05) is 0 Å². The fraction of sp³-hybridized carbons (Fsp3) is 0.625. The quantitative estimate of drug-likeness (QED) is 0.849. The largest absolute Gasteiger partial charge is 0.406 e. The lowest BCUT2D eigenvalue weighted by atomic mass is 10.2. The first-order chi connectivity index (χ1) is 6.54. The molecular formula is C8H9F3N2S. The van der Waals surface area contributed by atoms with Crippen molar-refractivity contribution in [3.63, 3.8) is 0 Å². The van der Waals surface area contributed by atoms with Gasteiger partial charge in [-0.15, -0.1) is 11.3 Å². The summed E-state index contributed by atoms with van der Waals surface area (Å²) in [4.78, 5) is 3.92. The van der Waals surface area contributed by atoms with Crippen LogP contribution in [0.4, 0.5) is 13.2 Å². The van der Waals surface area contributed by atoms with Crippen molar-refractivity contribution in [3.8, 4) is 0 Å². The second-order valence-corrected chi connectivity index (χ2v) is 4.34. The van der Waals surface area contributed by atoms with E-state index in [-0.39, 0.29) is 19.4 Å². The summed E-state index contributed by atoms with van der Waals surface area (Å²) in [5, 5.41) is 4.98. The monoisotopic (exact) mass is 222 g/mol. The lowest BCUT2D eigenvalue weighted by Crippen LogP contribution is -2.44. The van der Waals surface area contributed by atoms with Gasteiger partial charge in [-0.1, -0.05) is 0 Å². The third-order valence-corrected chi connectivity index (χ3v) is 3.13. The summed E-state index contributed by atoms with van der Waals surface area (Å²) in [6, 6.07) is 0. The van der Waals surface area contributed by atoms with Crippen LogP contribution in [0.5, 0.6) is 0 Å². The first-order valence-corrected chi connectivity index (χ1v) is 5.12. The Morgan fingerprint density at radius 2 is 2.21 bits per heavy atom. The maximum absolute atomic E-state index is 12.4. The maximum Gasteiger partial charge on any atom is 0.406 e. The molecule has 1 aliphatic rings. The summed E-state index contributed by atoms with van der Waals surface area (Å²) in [5.74, 6) is 0. The van der Waals surface area contributed by atoms with E-state index in [9.17, 15) is 13.2 Å². The van der Waals surface area contributed by atoms with E-state index in [0.29, 0.717) is 5.01 Å². The molecule has 2 nitrogen and oxygen atoms in total. The molecule has 1 aliphatic carbocycles. The lowest BCUT2D eigenvalue weighted by Gasteiger charge is -2.19. The average molecular weight is 222 g/mol. The molecule has 14 heavy (non-hydrogen) atoms. The smallest absolute Gasteiger partial charge is 0.297 e. The SMILES string of the molecule is FC(F)(F)C1(NCc2nccs2)CC1. The number of hydrogen-bond acceptors (Lipinski definition) is 3. The van der Waals surface area contributed by atoms with E-state index in [1.165, 1.54) is 11.3 Å². The predicted octanol–water partition coefficient (Wildman–Crippen LogP) is 2.33. The molecule has 1 N–H and O–H groups in total. The van der Waals surface area contributed by atoms with Crippen LogP contribution in [0.1, 0.15) is 17.8 Å². The van der Waals surface area contributed by atoms with Gasteiger partial charge in [0.1, 0.15) is 10.5 Å². The van der Waals surface area contributed by atoms with Crippen molar-refractivity contribution >= 4 is 11.3 Å². The molecule has 0 saturated heterocycles. The number of thiazole rings is 1. The maximum atomic E-state index is 12.4. The number of hydrogen-bond donors (Lipinski definition) is 1. The van der Waals surface area contributed by atoms with Crippen molar-refractivity contribution in [1.29, 1.82) is 0 Å². The van der Waals surface area contributed by atoms with Crippen LogP contribution in [-0.2, 0) is 6.54 Å². The van der Waals surface area contributed by atoms with Crippen LogP contribution >= 0.6 is 11.3 Å². The molecule has 1 fully saturated rings. The number of rotatable bonds is 3. The zero-order chi connectivity index (χ0) is 10.2. The van der Waals surface area contributed by atoms with Gasteiger partial charge in [0.05, 0.1) is 0 Å². The minimum absolute atomic E-state index is 0.182. The zero-order valence-corrected chi connectivity index (χ0v) is 8.08. The second-order valence-electron chi connectivity index (χ2n) is 3.36. The fourth-order valence-corrected chi connectivity index (χ4v) is 1.83. The van der Waals surface area contributed by atoms with E-state index in [2.05, 4.69) is 10.3 Å². The van der Waals surface area contributed by atoms with Gasteiger partial charge in [0, 0.05) is 18.1 Å². The molecule has 0 radical (unpaired) electrons. The highest BCUT2D eigenvalue weighted by atomic mass is 32.1. The predicted molar refractivity (Wildman–Crippen MR) is 47.0 cm³/mol. The van der Waals surface area contributed by atoms with Crippen LogP contribution in [0.15, 0.2) is 11.6 Å². The lowest BCUT2D eigenvalue weighted by molar-refractivity contribution is -0.166. The molecule has 1 aromatic heterocycles. The van der Waals surface area contributed by atoms with E-state index < -0.39 is 11.7 Å². The van der Waals surface area contributed by atoms with Gasteiger partial charge in [-0.05, 0) is 12.8 Å². The summed E-state index contributed by atoms with van der Waals surface area (Å²) in [5.41, 5.74) is -1.63. The first-order valence-electron chi connectivity index (χ1n) is 4.24. The van der Waals surface area contributed by atoms with Crippen molar-refractivity contribution in [3.05, 3.63) is 16.6 Å². The number of halogens is 3. The van der Waals surface area contributed by atoms with Gasteiger partial charge in [-0.2, -0.15) is 13.2 Å². The Kier molecular flexibility index (Phi) is 2.27. The fourth-order valence-electron chi connectivity index (χ4n) is 1.27. The van der Waals surface area contributed by atoms with E-state index in [4.69, 9.17) is 0 Å². The number of nitrogens with zero attached hydrogens (tertiary/aromatic N) is 1. The van der Waals surface area contributed by atoms with Gasteiger partial charge in [0.25, 0.3) is 0 Å². The van der Waals surface area contributed by atoms with Gasteiger partial charge < -0.3 is 0 Å². The Hall–Kier alpha value is -0.620. The molecule has 1 saturated carbocycles. The molecule has 0 atom stereocenters. The zero-order valence-electron chi connectivity index (χ0n) is 7.27. The van der Waals surface area contributed by atoms with E-state index >= 15 is 0 Å². The molecule has 0 aromatic carbocycles. The molecule has 2 rings (SSSR count). The van der Waals surface area contributed by atoms with E-state index in [1.807, 2.05) is 0 Å². The van der Waals surface area contributed by atoms with Crippen LogP contribution in [0.3, 0.4) is 0 Å². The van der Waals surface area contributed by atoms with E-state index in [0.717, 1.165) is 0 Å². The van der Waals surface area contributed by atoms with Crippen LogP contribution in [-0.4, -0.2) is 16.7 Å². The van der Waals surface area contributed by atoms with Gasteiger partial charge in [-0.3, -0.25) is 5.32 Å². The summed E-state index contributed by atoms with van der Waals surface area (Å²) in [6.45, 7) is 0.206. The van der Waals surface area contributed by atoms with Gasteiger partial charge in [0.2, 0.25) is 0 Å². The van der Waals surface area contributed by atoms with Crippen LogP contribution in [0, 0.1) is 0 Å². The normalized spacial score (nSPS) is 19.6. The average Bonchev–Trinajstić information content (AvgIpc) is 2.72. The third-order valence-electron chi connectivity index (χ3n) is 2.35. The van der Waals surface area contributed by atoms with Gasteiger partial charge in [-0.25, -0.2) is 4.98 Å².